The summed E-state index contributed by atoms with van der Waals surface area (Å²) in [6.45, 7) is 4.13. The van der Waals surface area contributed by atoms with Crippen LogP contribution in [0.5, 0.6) is 0 Å². The summed E-state index contributed by atoms with van der Waals surface area (Å²) < 4.78 is 0. The summed E-state index contributed by atoms with van der Waals surface area (Å²) >= 11 is 18.2. The molecule has 1 fully saturated rings. The van der Waals surface area contributed by atoms with Crippen LogP contribution in [-0.2, 0) is 0 Å². The molecule has 2 aromatic rings. The van der Waals surface area contributed by atoms with Crippen molar-refractivity contribution >= 4 is 57.8 Å². The van der Waals surface area contributed by atoms with Gasteiger partial charge in [0.05, 0.1) is 32.1 Å². The summed E-state index contributed by atoms with van der Waals surface area (Å²) in [6.07, 6.45) is 2.24. The van der Waals surface area contributed by atoms with Crippen LogP contribution in [0.4, 0.5) is 17.1 Å². The number of nitrogens with two attached hydrogens (primary N) is 1. The zero-order valence-electron chi connectivity index (χ0n) is 14.4. The number of carbonyl (C=O) groups is 1. The lowest BCUT2D eigenvalue weighted by molar-refractivity contribution is 0.102. The molecule has 1 heterocycles. The first-order chi connectivity index (χ1) is 12.3. The van der Waals surface area contributed by atoms with Crippen LogP contribution in [-0.4, -0.2) is 19.0 Å². The third-order valence-electron chi connectivity index (χ3n) is 4.67. The Bertz CT molecular complexity index is 833. The number of nitrogens with zero attached hydrogens (tertiary/aromatic N) is 1. The van der Waals surface area contributed by atoms with Crippen molar-refractivity contribution in [2.45, 2.75) is 19.8 Å². The smallest absolute Gasteiger partial charge is 0.255 e. The van der Waals surface area contributed by atoms with Gasteiger partial charge in [0, 0.05) is 18.7 Å². The van der Waals surface area contributed by atoms with E-state index in [4.69, 9.17) is 40.5 Å². The molecule has 0 spiro atoms. The van der Waals surface area contributed by atoms with E-state index in [1.807, 2.05) is 6.07 Å². The first-order valence-electron chi connectivity index (χ1n) is 8.45. The molecule has 0 aromatic heterocycles. The maximum absolute atomic E-state index is 12.5. The fourth-order valence-corrected chi connectivity index (χ4v) is 3.55. The molecular weight excluding hydrogens is 393 g/mol. The Kier molecular flexibility index (Phi) is 5.86. The van der Waals surface area contributed by atoms with Gasteiger partial charge in [-0.2, -0.15) is 0 Å². The number of amides is 1. The predicted molar refractivity (Wildman–Crippen MR) is 111 cm³/mol. The van der Waals surface area contributed by atoms with E-state index in [1.54, 1.807) is 18.2 Å². The quantitative estimate of drug-likeness (QED) is 0.634. The Labute approximate surface area is 168 Å². The lowest BCUT2D eigenvalue weighted by Gasteiger charge is -2.33. The number of halogens is 3. The lowest BCUT2D eigenvalue weighted by atomic mass is 9.98. The van der Waals surface area contributed by atoms with E-state index in [0.717, 1.165) is 31.6 Å². The van der Waals surface area contributed by atoms with Gasteiger partial charge in [-0.25, -0.2) is 0 Å². The van der Waals surface area contributed by atoms with Gasteiger partial charge in [-0.1, -0.05) is 41.7 Å². The van der Waals surface area contributed by atoms with Crippen LogP contribution >= 0.6 is 34.8 Å². The molecule has 138 valence electrons. The van der Waals surface area contributed by atoms with E-state index >= 15 is 0 Å². The molecule has 0 saturated carbocycles. The van der Waals surface area contributed by atoms with Crippen LogP contribution in [0, 0.1) is 5.92 Å². The Morgan fingerprint density at radius 1 is 1.08 bits per heavy atom. The highest BCUT2D eigenvalue weighted by atomic mass is 35.5. The minimum Gasteiger partial charge on any atom is -0.397 e. The molecule has 1 saturated heterocycles. The third kappa shape index (κ3) is 4.20. The van der Waals surface area contributed by atoms with Crippen molar-refractivity contribution < 1.29 is 4.79 Å². The molecule has 0 radical (unpaired) electrons. The summed E-state index contributed by atoms with van der Waals surface area (Å²) in [4.78, 5) is 14.8. The highest BCUT2D eigenvalue weighted by Crippen LogP contribution is 2.35. The van der Waals surface area contributed by atoms with E-state index in [-0.39, 0.29) is 5.91 Å². The summed E-state index contributed by atoms with van der Waals surface area (Å²) in [6, 6.07) is 8.24. The molecule has 1 aliphatic rings. The van der Waals surface area contributed by atoms with Crippen LogP contribution in [0.25, 0.3) is 0 Å². The van der Waals surface area contributed by atoms with Gasteiger partial charge < -0.3 is 16.0 Å². The van der Waals surface area contributed by atoms with E-state index in [0.29, 0.717) is 37.9 Å². The molecule has 2 aromatic carbocycles. The second-order valence-electron chi connectivity index (χ2n) is 6.64. The fraction of sp³-hybridized carbons (Fsp3) is 0.316. The van der Waals surface area contributed by atoms with Gasteiger partial charge in [-0.05, 0) is 49.1 Å². The first-order valence-corrected chi connectivity index (χ1v) is 9.59. The van der Waals surface area contributed by atoms with E-state index < -0.39 is 0 Å². The minimum atomic E-state index is -0.312. The second kappa shape index (κ2) is 7.95. The van der Waals surface area contributed by atoms with Gasteiger partial charge in [-0.3, -0.25) is 4.79 Å². The lowest BCUT2D eigenvalue weighted by Crippen LogP contribution is -2.33. The molecular formula is C19H20Cl3N3O. The molecule has 1 aliphatic heterocycles. The summed E-state index contributed by atoms with van der Waals surface area (Å²) in [5.74, 6) is 0.405. The molecule has 7 heteroatoms. The molecule has 3 N–H and O–H groups in total. The number of nitrogens with one attached hydrogen (secondary N) is 1. The standard InChI is InChI=1S/C19H20Cl3N3O/c1-11-4-6-25(7-5-11)18-10-17(15(22)9-16(18)23)24-19(26)12-2-3-13(20)14(21)8-12/h2-3,8-11H,4-7,23H2,1H3,(H,24,26). The van der Waals surface area contributed by atoms with Gasteiger partial charge in [0.2, 0.25) is 0 Å². The van der Waals surface area contributed by atoms with Gasteiger partial charge in [-0.15, -0.1) is 0 Å². The van der Waals surface area contributed by atoms with Gasteiger partial charge in [0.25, 0.3) is 5.91 Å². The number of hydrogen-bond acceptors (Lipinski definition) is 3. The Balaban J connectivity index is 1.84. The van der Waals surface area contributed by atoms with Gasteiger partial charge in [0.1, 0.15) is 0 Å². The molecule has 4 nitrogen and oxygen atoms in total. The maximum Gasteiger partial charge on any atom is 0.255 e. The predicted octanol–water partition coefficient (Wildman–Crippen LogP) is 5.72. The Hall–Kier alpha value is -1.62. The van der Waals surface area contributed by atoms with Crippen molar-refractivity contribution in [2.24, 2.45) is 5.92 Å². The molecule has 0 atom stereocenters. The zero-order chi connectivity index (χ0) is 18.8. The largest absolute Gasteiger partial charge is 0.397 e. The molecule has 3 rings (SSSR count). The number of carbonyl (C=O) groups excluding carboxylic acids is 1. The number of nitrogen functional groups attached to an aromatic ring is 1. The number of piperidine rings is 1. The normalized spacial score (nSPS) is 15.2. The van der Waals surface area contributed by atoms with Crippen LogP contribution in [0.2, 0.25) is 15.1 Å². The highest BCUT2D eigenvalue weighted by molar-refractivity contribution is 6.42. The molecule has 26 heavy (non-hydrogen) atoms. The second-order valence-corrected chi connectivity index (χ2v) is 7.87. The number of rotatable bonds is 3. The van der Waals surface area contributed by atoms with Crippen LogP contribution < -0.4 is 16.0 Å². The summed E-state index contributed by atoms with van der Waals surface area (Å²) in [5, 5.41) is 3.95. The zero-order valence-corrected chi connectivity index (χ0v) is 16.6. The summed E-state index contributed by atoms with van der Waals surface area (Å²) in [5.41, 5.74) is 8.59. The first kappa shape index (κ1) is 19.2. The Morgan fingerprint density at radius 3 is 2.42 bits per heavy atom. The molecule has 0 unspecified atom stereocenters. The van der Waals surface area contributed by atoms with Gasteiger partial charge in [0.15, 0.2) is 0 Å². The van der Waals surface area contributed by atoms with Crippen molar-refractivity contribution in [1.29, 1.82) is 0 Å². The topological polar surface area (TPSA) is 58.4 Å². The summed E-state index contributed by atoms with van der Waals surface area (Å²) in [7, 11) is 0. The third-order valence-corrected chi connectivity index (χ3v) is 5.72. The average Bonchev–Trinajstić information content (AvgIpc) is 2.60. The number of anilines is 3. The van der Waals surface area contributed by atoms with Crippen LogP contribution in [0.3, 0.4) is 0 Å². The highest BCUT2D eigenvalue weighted by Gasteiger charge is 2.20. The van der Waals surface area contributed by atoms with Crippen molar-refractivity contribution in [3.8, 4) is 0 Å². The van der Waals surface area contributed by atoms with Crippen molar-refractivity contribution in [1.82, 2.24) is 0 Å². The maximum atomic E-state index is 12.5. The SMILES string of the molecule is CC1CCN(c2cc(NC(=O)c3ccc(Cl)c(Cl)c3)c(Cl)cc2N)CC1. The van der Waals surface area contributed by atoms with Crippen molar-refractivity contribution in [2.75, 3.05) is 29.0 Å². The van der Waals surface area contributed by atoms with Crippen molar-refractivity contribution in [3.05, 3.63) is 51.0 Å². The minimum absolute atomic E-state index is 0.312. The van der Waals surface area contributed by atoms with Gasteiger partial charge >= 0.3 is 0 Å². The number of hydrogen-bond donors (Lipinski definition) is 2. The monoisotopic (exact) mass is 411 g/mol. The fourth-order valence-electron chi connectivity index (χ4n) is 3.03. The van der Waals surface area contributed by atoms with E-state index in [2.05, 4.69) is 17.1 Å². The van der Waals surface area contributed by atoms with E-state index in [1.165, 1.54) is 6.07 Å². The average molecular weight is 413 g/mol. The Morgan fingerprint density at radius 2 is 1.77 bits per heavy atom. The molecule has 0 bridgehead atoms. The van der Waals surface area contributed by atoms with Crippen molar-refractivity contribution in [3.63, 3.8) is 0 Å². The van der Waals surface area contributed by atoms with Crippen LogP contribution in [0.1, 0.15) is 30.1 Å². The molecule has 1 amide bonds. The van der Waals surface area contributed by atoms with Crippen LogP contribution in [0.15, 0.2) is 30.3 Å². The number of benzene rings is 2. The molecule has 0 aliphatic carbocycles. The van der Waals surface area contributed by atoms with E-state index in [9.17, 15) is 4.79 Å².